The molecule has 5 nitrogen and oxygen atoms in total. The number of benzene rings is 1. The van der Waals surface area contributed by atoms with Crippen molar-refractivity contribution in [2.45, 2.75) is 16.7 Å². The van der Waals surface area contributed by atoms with Gasteiger partial charge in [0.2, 0.25) is 5.91 Å². The highest BCUT2D eigenvalue weighted by molar-refractivity contribution is 8.00. The zero-order chi connectivity index (χ0) is 18.1. The maximum absolute atomic E-state index is 12.2. The molecule has 3 rings (SSSR count). The molecule has 0 spiro atoms. The molecular weight excluding hydrogens is 462 g/mol. The summed E-state index contributed by atoms with van der Waals surface area (Å²) in [5.41, 5.74) is 0.639. The van der Waals surface area contributed by atoms with Crippen LogP contribution < -0.4 is 5.32 Å². The standard InChI is InChI=1S/C15H13Cl3N2O3S2.ClH/c16-7-3-9(18)11(4-8(7)17)24-6-12(21)19-10-5-25-13-1-2-20(13)14(10)15(22)23;/h3-4,13H,1-2,5-6H2,(H,19,21)(H,22,23);1H. The molecule has 0 aliphatic carbocycles. The molecule has 1 amide bonds. The number of nitrogens with one attached hydrogen (secondary N) is 1. The van der Waals surface area contributed by atoms with E-state index in [1.807, 2.05) is 4.90 Å². The van der Waals surface area contributed by atoms with Crippen LogP contribution in [0.25, 0.3) is 0 Å². The van der Waals surface area contributed by atoms with Gasteiger partial charge < -0.3 is 15.3 Å². The molecule has 1 saturated heterocycles. The predicted octanol–water partition coefficient (Wildman–Crippen LogP) is 4.35. The summed E-state index contributed by atoms with van der Waals surface area (Å²) >= 11 is 20.8. The number of rotatable bonds is 5. The molecule has 2 aliphatic heterocycles. The summed E-state index contributed by atoms with van der Waals surface area (Å²) in [6, 6.07) is 3.13. The Morgan fingerprint density at radius 1 is 1.27 bits per heavy atom. The van der Waals surface area contributed by atoms with E-state index in [0.717, 1.165) is 6.42 Å². The van der Waals surface area contributed by atoms with Crippen LogP contribution in [0.15, 0.2) is 28.4 Å². The van der Waals surface area contributed by atoms with Crippen molar-refractivity contribution in [3.63, 3.8) is 0 Å². The predicted molar refractivity (Wildman–Crippen MR) is 110 cm³/mol. The number of hydrogen-bond acceptors (Lipinski definition) is 5. The molecule has 1 unspecified atom stereocenters. The molecule has 0 saturated carbocycles. The van der Waals surface area contributed by atoms with Gasteiger partial charge in [0, 0.05) is 17.2 Å². The third-order valence-electron chi connectivity index (χ3n) is 3.78. The Balaban J connectivity index is 0.00000243. The van der Waals surface area contributed by atoms with Crippen LogP contribution in [0, 0.1) is 0 Å². The molecule has 2 N–H and O–H groups in total. The molecular formula is C15H14Cl4N2O3S2. The number of carboxylic acids is 1. The number of carbonyl (C=O) groups is 2. The van der Waals surface area contributed by atoms with Gasteiger partial charge in [0.05, 0.1) is 31.9 Å². The molecule has 11 heteroatoms. The van der Waals surface area contributed by atoms with E-state index in [1.165, 1.54) is 17.8 Å². The van der Waals surface area contributed by atoms with E-state index in [4.69, 9.17) is 34.8 Å². The Bertz CT molecular complexity index is 776. The molecule has 1 aromatic rings. The SMILES string of the molecule is Cl.O=C(CSc1cc(Cl)c(Cl)cc1Cl)NC1=C(C(=O)O)N2CCC2SC1. The largest absolute Gasteiger partial charge is 0.477 e. The van der Waals surface area contributed by atoms with Gasteiger partial charge in [0.15, 0.2) is 0 Å². The lowest BCUT2D eigenvalue weighted by Gasteiger charge is -2.46. The Hall–Kier alpha value is -0.440. The van der Waals surface area contributed by atoms with Crippen molar-refractivity contribution in [2.75, 3.05) is 18.1 Å². The van der Waals surface area contributed by atoms with Crippen LogP contribution in [0.4, 0.5) is 0 Å². The lowest BCUT2D eigenvalue weighted by Crippen LogP contribution is -2.51. The molecule has 0 bridgehead atoms. The quantitative estimate of drug-likeness (QED) is 0.487. The van der Waals surface area contributed by atoms with Gasteiger partial charge >= 0.3 is 5.97 Å². The summed E-state index contributed by atoms with van der Waals surface area (Å²) < 4.78 is 0. The molecule has 1 atom stereocenters. The van der Waals surface area contributed by atoms with Crippen LogP contribution in [-0.4, -0.2) is 45.3 Å². The van der Waals surface area contributed by atoms with Crippen molar-refractivity contribution in [1.82, 2.24) is 10.2 Å². The highest BCUT2D eigenvalue weighted by Gasteiger charge is 2.39. The molecule has 26 heavy (non-hydrogen) atoms. The van der Waals surface area contributed by atoms with Crippen molar-refractivity contribution >= 4 is 82.6 Å². The zero-order valence-corrected chi connectivity index (χ0v) is 17.8. The first kappa shape index (κ1) is 21.9. The first-order valence-corrected chi connectivity index (χ1v) is 10.5. The number of carbonyl (C=O) groups excluding carboxylic acids is 1. The first-order chi connectivity index (χ1) is 11.9. The Morgan fingerprint density at radius 3 is 2.58 bits per heavy atom. The number of aliphatic carboxylic acids is 1. The van der Waals surface area contributed by atoms with Crippen molar-refractivity contribution in [3.05, 3.63) is 38.6 Å². The number of amides is 1. The minimum atomic E-state index is -1.01. The van der Waals surface area contributed by atoms with Gasteiger partial charge in [-0.25, -0.2) is 4.79 Å². The van der Waals surface area contributed by atoms with Gasteiger partial charge in [-0.2, -0.15) is 0 Å². The molecule has 0 radical (unpaired) electrons. The van der Waals surface area contributed by atoms with Crippen LogP contribution in [-0.2, 0) is 9.59 Å². The molecule has 1 aromatic carbocycles. The zero-order valence-electron chi connectivity index (χ0n) is 13.1. The summed E-state index contributed by atoms with van der Waals surface area (Å²) in [5, 5.41) is 13.5. The van der Waals surface area contributed by atoms with Gasteiger partial charge in [-0.15, -0.1) is 35.9 Å². The van der Waals surface area contributed by atoms with Crippen LogP contribution in [0.5, 0.6) is 0 Å². The van der Waals surface area contributed by atoms with E-state index in [-0.39, 0.29) is 35.1 Å². The minimum absolute atomic E-state index is 0. The first-order valence-electron chi connectivity index (χ1n) is 7.28. The number of nitrogens with zero attached hydrogens (tertiary/aromatic N) is 1. The van der Waals surface area contributed by atoms with E-state index in [1.54, 1.807) is 17.8 Å². The Morgan fingerprint density at radius 2 is 1.96 bits per heavy atom. The van der Waals surface area contributed by atoms with Crippen LogP contribution >= 0.6 is 70.7 Å². The van der Waals surface area contributed by atoms with Crippen molar-refractivity contribution in [1.29, 1.82) is 0 Å². The lowest BCUT2D eigenvalue weighted by atomic mass is 10.1. The Kier molecular flexibility index (Phi) is 7.71. The normalized spacial score (nSPS) is 18.6. The monoisotopic (exact) mass is 474 g/mol. The fourth-order valence-corrected chi connectivity index (χ4v) is 5.29. The third kappa shape index (κ3) is 4.69. The third-order valence-corrected chi connectivity index (χ3v) is 7.32. The lowest BCUT2D eigenvalue weighted by molar-refractivity contribution is -0.135. The molecule has 0 aromatic heterocycles. The molecule has 142 valence electrons. The second-order valence-corrected chi connectivity index (χ2v) is 8.82. The van der Waals surface area contributed by atoms with E-state index >= 15 is 0 Å². The summed E-state index contributed by atoms with van der Waals surface area (Å²) in [5.74, 6) is -0.740. The number of fused-ring (bicyclic) bond motifs is 1. The van der Waals surface area contributed by atoms with Gasteiger partial charge in [-0.3, -0.25) is 4.79 Å². The van der Waals surface area contributed by atoms with Crippen molar-refractivity contribution in [2.24, 2.45) is 0 Å². The van der Waals surface area contributed by atoms with Gasteiger partial charge in [0.25, 0.3) is 0 Å². The molecule has 2 aliphatic rings. The highest BCUT2D eigenvalue weighted by atomic mass is 35.5. The summed E-state index contributed by atoms with van der Waals surface area (Å²) in [6.07, 6.45) is 0.967. The summed E-state index contributed by atoms with van der Waals surface area (Å²) in [7, 11) is 0. The molecule has 1 fully saturated rings. The second kappa shape index (κ2) is 9.17. The van der Waals surface area contributed by atoms with E-state index in [0.29, 0.717) is 38.0 Å². The summed E-state index contributed by atoms with van der Waals surface area (Å²) in [4.78, 5) is 26.2. The topological polar surface area (TPSA) is 69.6 Å². The average molecular weight is 476 g/mol. The maximum atomic E-state index is 12.2. The smallest absolute Gasteiger partial charge is 0.354 e. The van der Waals surface area contributed by atoms with Crippen molar-refractivity contribution < 1.29 is 14.7 Å². The van der Waals surface area contributed by atoms with E-state index in [2.05, 4.69) is 5.32 Å². The van der Waals surface area contributed by atoms with Gasteiger partial charge in [-0.1, -0.05) is 34.8 Å². The van der Waals surface area contributed by atoms with E-state index < -0.39 is 5.97 Å². The summed E-state index contributed by atoms with van der Waals surface area (Å²) in [6.45, 7) is 0.701. The average Bonchev–Trinajstić information content (AvgIpc) is 2.51. The maximum Gasteiger partial charge on any atom is 0.354 e. The fourth-order valence-electron chi connectivity index (χ4n) is 2.52. The minimum Gasteiger partial charge on any atom is -0.477 e. The fraction of sp³-hybridized carbons (Fsp3) is 0.333. The van der Waals surface area contributed by atoms with Crippen molar-refractivity contribution in [3.8, 4) is 0 Å². The number of hydrogen-bond donors (Lipinski definition) is 2. The van der Waals surface area contributed by atoms with Crippen LogP contribution in [0.1, 0.15) is 6.42 Å². The van der Waals surface area contributed by atoms with Crippen LogP contribution in [0.3, 0.4) is 0 Å². The second-order valence-electron chi connectivity index (χ2n) is 5.41. The van der Waals surface area contributed by atoms with Gasteiger partial charge in [-0.05, 0) is 18.6 Å². The Labute approximate surface area is 180 Å². The van der Waals surface area contributed by atoms with Gasteiger partial charge in [0.1, 0.15) is 5.70 Å². The highest BCUT2D eigenvalue weighted by Crippen LogP contribution is 2.38. The molecule has 2 heterocycles. The van der Waals surface area contributed by atoms with Crippen LogP contribution in [0.2, 0.25) is 15.1 Å². The van der Waals surface area contributed by atoms with E-state index in [9.17, 15) is 14.7 Å². The number of carboxylic acid groups (broad SMARTS) is 1. The number of thioether (sulfide) groups is 2. The number of halogens is 4.